The van der Waals surface area contributed by atoms with E-state index >= 15 is 0 Å². The fourth-order valence-corrected chi connectivity index (χ4v) is 3.90. The SMILES string of the molecule is CCOC(OCC)C(CC)[Se]c1ccccc1. The average molecular weight is 301 g/mol. The van der Waals surface area contributed by atoms with Gasteiger partial charge in [0.05, 0.1) is 0 Å². The van der Waals surface area contributed by atoms with E-state index in [1.54, 1.807) is 0 Å². The van der Waals surface area contributed by atoms with Crippen LogP contribution in [0.3, 0.4) is 0 Å². The first-order valence-corrected chi connectivity index (χ1v) is 8.11. The molecule has 1 aromatic carbocycles. The Morgan fingerprint density at radius 3 is 2.06 bits per heavy atom. The maximum atomic E-state index is 5.70. The van der Waals surface area contributed by atoms with Gasteiger partial charge in [-0.25, -0.2) is 0 Å². The summed E-state index contributed by atoms with van der Waals surface area (Å²) in [6, 6.07) is 10.6. The molecule has 0 radical (unpaired) electrons. The van der Waals surface area contributed by atoms with Crippen LogP contribution in [0.4, 0.5) is 0 Å². The van der Waals surface area contributed by atoms with Gasteiger partial charge in [-0.1, -0.05) is 0 Å². The Balaban J connectivity index is 2.61. The van der Waals surface area contributed by atoms with Gasteiger partial charge >= 0.3 is 111 Å². The molecular formula is C14H22O2Se. The van der Waals surface area contributed by atoms with Crippen molar-refractivity contribution in [2.24, 2.45) is 0 Å². The second-order valence-electron chi connectivity index (χ2n) is 3.66. The summed E-state index contributed by atoms with van der Waals surface area (Å²) in [6.07, 6.45) is 1.05. The third-order valence-corrected chi connectivity index (χ3v) is 5.34. The molecule has 0 saturated carbocycles. The Morgan fingerprint density at radius 1 is 1.00 bits per heavy atom. The van der Waals surface area contributed by atoms with Crippen LogP contribution in [0, 0.1) is 0 Å². The van der Waals surface area contributed by atoms with E-state index in [2.05, 4.69) is 37.3 Å². The van der Waals surface area contributed by atoms with E-state index in [1.807, 2.05) is 13.8 Å². The van der Waals surface area contributed by atoms with E-state index in [1.165, 1.54) is 4.46 Å². The van der Waals surface area contributed by atoms with Crippen molar-refractivity contribution in [1.82, 2.24) is 0 Å². The van der Waals surface area contributed by atoms with Gasteiger partial charge in [-0.2, -0.15) is 0 Å². The fourth-order valence-electron chi connectivity index (χ4n) is 1.60. The second kappa shape index (κ2) is 8.71. The molecule has 0 aliphatic rings. The molecule has 0 amide bonds. The van der Waals surface area contributed by atoms with Crippen molar-refractivity contribution in [2.75, 3.05) is 13.2 Å². The molecule has 0 fully saturated rings. The van der Waals surface area contributed by atoms with Crippen LogP contribution in [-0.4, -0.2) is 34.5 Å². The van der Waals surface area contributed by atoms with Gasteiger partial charge < -0.3 is 0 Å². The van der Waals surface area contributed by atoms with Gasteiger partial charge in [0, 0.05) is 0 Å². The minimum absolute atomic E-state index is 0.0461. The van der Waals surface area contributed by atoms with Crippen molar-refractivity contribution in [3.05, 3.63) is 30.3 Å². The number of hydrogen-bond donors (Lipinski definition) is 0. The summed E-state index contributed by atoms with van der Waals surface area (Å²) in [6.45, 7) is 7.68. The van der Waals surface area contributed by atoms with E-state index in [0.717, 1.165) is 6.42 Å². The zero-order chi connectivity index (χ0) is 12.5. The van der Waals surface area contributed by atoms with Gasteiger partial charge in [0.25, 0.3) is 0 Å². The number of hydrogen-bond acceptors (Lipinski definition) is 2. The zero-order valence-corrected chi connectivity index (χ0v) is 12.6. The van der Waals surface area contributed by atoms with Crippen LogP contribution in [0.2, 0.25) is 4.82 Å². The van der Waals surface area contributed by atoms with Crippen molar-refractivity contribution >= 4 is 19.4 Å². The Hall–Kier alpha value is -0.341. The summed E-state index contributed by atoms with van der Waals surface area (Å²) < 4.78 is 12.8. The first-order valence-electron chi connectivity index (χ1n) is 6.26. The summed E-state index contributed by atoms with van der Waals surface area (Å²) in [7, 11) is 0. The molecule has 2 nitrogen and oxygen atoms in total. The quantitative estimate of drug-likeness (QED) is 0.543. The molecule has 0 spiro atoms. The molecule has 0 aliphatic carbocycles. The van der Waals surface area contributed by atoms with Crippen molar-refractivity contribution in [1.29, 1.82) is 0 Å². The molecule has 1 rings (SSSR count). The van der Waals surface area contributed by atoms with Crippen LogP contribution in [0.15, 0.2) is 30.3 Å². The van der Waals surface area contributed by atoms with Gasteiger partial charge in [0.2, 0.25) is 0 Å². The zero-order valence-electron chi connectivity index (χ0n) is 10.9. The van der Waals surface area contributed by atoms with E-state index < -0.39 is 0 Å². The Morgan fingerprint density at radius 2 is 1.59 bits per heavy atom. The van der Waals surface area contributed by atoms with E-state index in [-0.39, 0.29) is 6.29 Å². The maximum absolute atomic E-state index is 5.70. The normalized spacial score (nSPS) is 12.9. The van der Waals surface area contributed by atoms with E-state index in [4.69, 9.17) is 9.47 Å². The standard InChI is InChI=1S/C14H22O2Se/c1-4-13(14(15-5-2)16-6-3)17-12-10-8-7-9-11-12/h7-11,13-14H,4-6H2,1-3H3. The molecule has 0 N–H and O–H groups in total. The van der Waals surface area contributed by atoms with Gasteiger partial charge in [0.1, 0.15) is 0 Å². The Bertz CT molecular complexity index is 284. The van der Waals surface area contributed by atoms with E-state index in [9.17, 15) is 0 Å². The summed E-state index contributed by atoms with van der Waals surface area (Å²) in [5, 5.41) is 0. The molecule has 0 aliphatic heterocycles. The molecule has 17 heavy (non-hydrogen) atoms. The van der Waals surface area contributed by atoms with Crippen molar-refractivity contribution in [3.63, 3.8) is 0 Å². The van der Waals surface area contributed by atoms with Gasteiger partial charge in [0.15, 0.2) is 0 Å². The molecule has 1 atom stereocenters. The van der Waals surface area contributed by atoms with Gasteiger partial charge in [-0.3, -0.25) is 0 Å². The van der Waals surface area contributed by atoms with Crippen LogP contribution in [-0.2, 0) is 9.47 Å². The summed E-state index contributed by atoms with van der Waals surface area (Å²) in [5.41, 5.74) is 0. The van der Waals surface area contributed by atoms with E-state index in [0.29, 0.717) is 33.0 Å². The average Bonchev–Trinajstić information content (AvgIpc) is 2.37. The van der Waals surface area contributed by atoms with Crippen LogP contribution in [0.5, 0.6) is 0 Å². The molecule has 1 unspecified atom stereocenters. The number of benzene rings is 1. The molecule has 3 heteroatoms. The molecule has 0 heterocycles. The number of ether oxygens (including phenoxy) is 2. The minimum atomic E-state index is -0.0461. The monoisotopic (exact) mass is 302 g/mol. The molecule has 0 aromatic heterocycles. The summed E-state index contributed by atoms with van der Waals surface area (Å²) >= 11 is 0.408. The first-order chi connectivity index (χ1) is 8.31. The Kier molecular flexibility index (Phi) is 7.54. The predicted molar refractivity (Wildman–Crippen MR) is 72.9 cm³/mol. The summed E-state index contributed by atoms with van der Waals surface area (Å²) in [4.78, 5) is 0.491. The first kappa shape index (κ1) is 14.7. The molecule has 1 aromatic rings. The van der Waals surface area contributed by atoms with Crippen molar-refractivity contribution < 1.29 is 9.47 Å². The Labute approximate surface area is 111 Å². The van der Waals surface area contributed by atoms with Crippen LogP contribution < -0.4 is 4.46 Å². The van der Waals surface area contributed by atoms with Crippen molar-refractivity contribution in [3.8, 4) is 0 Å². The third-order valence-electron chi connectivity index (χ3n) is 2.40. The fraction of sp³-hybridized carbons (Fsp3) is 0.571. The van der Waals surface area contributed by atoms with Crippen LogP contribution in [0.25, 0.3) is 0 Å². The molecular weight excluding hydrogens is 279 g/mol. The number of rotatable bonds is 8. The predicted octanol–water partition coefficient (Wildman–Crippen LogP) is 2.61. The summed E-state index contributed by atoms with van der Waals surface area (Å²) in [5.74, 6) is 0. The van der Waals surface area contributed by atoms with Crippen molar-refractivity contribution in [2.45, 2.75) is 38.3 Å². The molecule has 96 valence electrons. The topological polar surface area (TPSA) is 18.5 Å². The van der Waals surface area contributed by atoms with Crippen LogP contribution in [0.1, 0.15) is 27.2 Å². The molecule has 0 saturated heterocycles. The molecule has 0 bridgehead atoms. The third kappa shape index (κ3) is 5.22. The van der Waals surface area contributed by atoms with Gasteiger partial charge in [-0.15, -0.1) is 0 Å². The van der Waals surface area contributed by atoms with Crippen LogP contribution >= 0.6 is 0 Å². The second-order valence-corrected chi connectivity index (χ2v) is 6.41. The van der Waals surface area contributed by atoms with Gasteiger partial charge in [-0.05, 0) is 0 Å².